The molecule has 2 aromatic rings. The highest BCUT2D eigenvalue weighted by atomic mass is 35.5. The molecule has 3 rings (SSSR count). The molecule has 0 spiro atoms. The number of imide groups is 1. The molecule has 2 heterocycles. The van der Waals surface area contributed by atoms with Gasteiger partial charge in [0, 0.05) is 16.4 Å². The number of nitrogens with zero attached hydrogens (tertiary/aromatic N) is 1. The summed E-state index contributed by atoms with van der Waals surface area (Å²) in [7, 11) is 0. The van der Waals surface area contributed by atoms with Gasteiger partial charge in [0.15, 0.2) is 0 Å². The van der Waals surface area contributed by atoms with Crippen molar-refractivity contribution in [3.05, 3.63) is 63.2 Å². The number of amides is 2. The summed E-state index contributed by atoms with van der Waals surface area (Å²) in [5.41, 5.74) is 2.12. The summed E-state index contributed by atoms with van der Waals surface area (Å²) in [6, 6.07) is 9.58. The second-order valence-corrected chi connectivity index (χ2v) is 7.20. The Morgan fingerprint density at radius 3 is 2.61 bits per heavy atom. The molecule has 0 N–H and O–H groups in total. The zero-order valence-corrected chi connectivity index (χ0v) is 14.4. The first-order valence-corrected chi connectivity index (χ1v) is 8.86. The SMILES string of the molecule is C=CCN1C(=O)SC(=Cc2cc(-c3ccc(Cl)cc3)cs2)C1=O. The Morgan fingerprint density at radius 2 is 1.91 bits per heavy atom. The zero-order valence-electron chi connectivity index (χ0n) is 12.0. The normalized spacial score (nSPS) is 16.4. The van der Waals surface area contributed by atoms with Crippen LogP contribution in [0.4, 0.5) is 4.79 Å². The fourth-order valence-electron chi connectivity index (χ4n) is 2.14. The Hall–Kier alpha value is -1.82. The first kappa shape index (κ1) is 16.1. The van der Waals surface area contributed by atoms with Crippen molar-refractivity contribution in [3.8, 4) is 11.1 Å². The molecule has 1 aromatic carbocycles. The summed E-state index contributed by atoms with van der Waals surface area (Å²) in [6.07, 6.45) is 3.31. The maximum absolute atomic E-state index is 12.2. The average molecular weight is 362 g/mol. The van der Waals surface area contributed by atoms with Crippen molar-refractivity contribution in [1.29, 1.82) is 0 Å². The van der Waals surface area contributed by atoms with Crippen molar-refractivity contribution in [2.24, 2.45) is 0 Å². The summed E-state index contributed by atoms with van der Waals surface area (Å²) in [5, 5.41) is 2.46. The van der Waals surface area contributed by atoms with E-state index >= 15 is 0 Å². The molecule has 0 saturated carbocycles. The number of rotatable bonds is 4. The van der Waals surface area contributed by atoms with Gasteiger partial charge in [0.1, 0.15) is 0 Å². The predicted molar refractivity (Wildman–Crippen MR) is 97.6 cm³/mol. The van der Waals surface area contributed by atoms with Crippen molar-refractivity contribution < 1.29 is 9.59 Å². The molecule has 116 valence electrons. The van der Waals surface area contributed by atoms with E-state index < -0.39 is 0 Å². The number of carbonyl (C=O) groups is 2. The maximum atomic E-state index is 12.2. The van der Waals surface area contributed by atoms with Crippen LogP contribution in [0.1, 0.15) is 4.88 Å². The molecule has 1 fully saturated rings. The van der Waals surface area contributed by atoms with Crippen LogP contribution in [0.2, 0.25) is 5.02 Å². The Morgan fingerprint density at radius 1 is 1.17 bits per heavy atom. The standard InChI is InChI=1S/C17H12ClNO2S2/c1-2-7-19-16(20)15(23-17(19)21)9-14-8-12(10-22-14)11-3-5-13(18)6-4-11/h2-6,8-10H,1,7H2. The monoisotopic (exact) mass is 361 g/mol. The second-order valence-electron chi connectivity index (χ2n) is 4.83. The predicted octanol–water partition coefficient (Wildman–Crippen LogP) is 5.29. The van der Waals surface area contributed by atoms with E-state index in [1.165, 1.54) is 16.2 Å². The molecule has 0 aliphatic carbocycles. The van der Waals surface area contributed by atoms with Crippen LogP contribution in [-0.2, 0) is 4.79 Å². The number of hydrogen-bond acceptors (Lipinski definition) is 4. The molecular formula is C17H12ClNO2S2. The number of benzene rings is 1. The van der Waals surface area contributed by atoms with Gasteiger partial charge in [-0.3, -0.25) is 14.5 Å². The molecule has 0 atom stereocenters. The van der Waals surface area contributed by atoms with Crippen LogP contribution in [0.25, 0.3) is 17.2 Å². The molecular weight excluding hydrogens is 350 g/mol. The van der Waals surface area contributed by atoms with Gasteiger partial charge in [0.05, 0.1) is 4.91 Å². The van der Waals surface area contributed by atoms with Crippen LogP contribution in [0.3, 0.4) is 0 Å². The fourth-order valence-corrected chi connectivity index (χ4v) is 4.03. The molecule has 0 bridgehead atoms. The lowest BCUT2D eigenvalue weighted by Crippen LogP contribution is -2.27. The van der Waals surface area contributed by atoms with Crippen molar-refractivity contribution in [2.45, 2.75) is 0 Å². The van der Waals surface area contributed by atoms with Gasteiger partial charge in [-0.2, -0.15) is 0 Å². The highest BCUT2D eigenvalue weighted by Crippen LogP contribution is 2.34. The molecule has 1 aliphatic heterocycles. The summed E-state index contributed by atoms with van der Waals surface area (Å²) < 4.78 is 0. The minimum atomic E-state index is -0.263. The van der Waals surface area contributed by atoms with E-state index in [4.69, 9.17) is 11.6 Å². The zero-order chi connectivity index (χ0) is 16.4. The van der Waals surface area contributed by atoms with E-state index in [-0.39, 0.29) is 17.7 Å². The van der Waals surface area contributed by atoms with Gasteiger partial charge in [0.2, 0.25) is 0 Å². The van der Waals surface area contributed by atoms with Gasteiger partial charge in [-0.05, 0) is 52.5 Å². The van der Waals surface area contributed by atoms with E-state index in [0.29, 0.717) is 9.93 Å². The third-order valence-corrected chi connectivity index (χ3v) is 5.29. The van der Waals surface area contributed by atoms with Crippen LogP contribution in [0, 0.1) is 0 Å². The fraction of sp³-hybridized carbons (Fsp3) is 0.0588. The van der Waals surface area contributed by atoms with Crippen molar-refractivity contribution in [3.63, 3.8) is 0 Å². The maximum Gasteiger partial charge on any atom is 0.293 e. The summed E-state index contributed by atoms with van der Waals surface area (Å²) in [5.74, 6) is -0.263. The van der Waals surface area contributed by atoms with Gasteiger partial charge in [-0.15, -0.1) is 17.9 Å². The first-order chi connectivity index (χ1) is 11.1. The number of thiophene rings is 1. The van der Waals surface area contributed by atoms with Gasteiger partial charge in [-0.1, -0.05) is 29.8 Å². The van der Waals surface area contributed by atoms with Crippen LogP contribution >= 0.6 is 34.7 Å². The number of halogens is 1. The van der Waals surface area contributed by atoms with E-state index in [2.05, 4.69) is 6.58 Å². The quantitative estimate of drug-likeness (QED) is 0.548. The van der Waals surface area contributed by atoms with Gasteiger partial charge < -0.3 is 0 Å². The van der Waals surface area contributed by atoms with E-state index in [1.54, 1.807) is 12.2 Å². The van der Waals surface area contributed by atoms with E-state index in [9.17, 15) is 9.59 Å². The molecule has 23 heavy (non-hydrogen) atoms. The van der Waals surface area contributed by atoms with Crippen molar-refractivity contribution in [2.75, 3.05) is 6.54 Å². The summed E-state index contributed by atoms with van der Waals surface area (Å²) in [4.78, 5) is 26.6. The lowest BCUT2D eigenvalue weighted by atomic mass is 10.1. The number of hydrogen-bond donors (Lipinski definition) is 0. The van der Waals surface area contributed by atoms with Crippen LogP contribution < -0.4 is 0 Å². The largest absolute Gasteiger partial charge is 0.293 e. The van der Waals surface area contributed by atoms with Gasteiger partial charge in [-0.25, -0.2) is 0 Å². The minimum Gasteiger partial charge on any atom is -0.268 e. The third-order valence-electron chi connectivity index (χ3n) is 3.26. The molecule has 1 saturated heterocycles. The van der Waals surface area contributed by atoms with Crippen LogP contribution in [-0.4, -0.2) is 22.6 Å². The topological polar surface area (TPSA) is 37.4 Å². The Balaban J connectivity index is 1.84. The van der Waals surface area contributed by atoms with Gasteiger partial charge in [0.25, 0.3) is 11.1 Å². The molecule has 0 radical (unpaired) electrons. The van der Waals surface area contributed by atoms with Crippen LogP contribution in [0.15, 0.2) is 53.3 Å². The molecule has 0 unspecified atom stereocenters. The summed E-state index contributed by atoms with van der Waals surface area (Å²) in [6.45, 7) is 3.80. The average Bonchev–Trinajstić information content (AvgIpc) is 3.09. The minimum absolute atomic E-state index is 0.239. The van der Waals surface area contributed by atoms with Crippen molar-refractivity contribution >= 4 is 51.9 Å². The lowest BCUT2D eigenvalue weighted by Gasteiger charge is -2.07. The molecule has 2 amide bonds. The number of thioether (sulfide) groups is 1. The molecule has 1 aromatic heterocycles. The second kappa shape index (κ2) is 6.74. The van der Waals surface area contributed by atoms with Gasteiger partial charge >= 0.3 is 0 Å². The summed E-state index contributed by atoms with van der Waals surface area (Å²) >= 11 is 8.39. The third kappa shape index (κ3) is 3.42. The number of carbonyl (C=O) groups excluding carboxylic acids is 2. The molecule has 6 heteroatoms. The first-order valence-electron chi connectivity index (χ1n) is 6.79. The Kier molecular flexibility index (Phi) is 4.71. The van der Waals surface area contributed by atoms with Crippen LogP contribution in [0.5, 0.6) is 0 Å². The highest BCUT2D eigenvalue weighted by molar-refractivity contribution is 8.18. The lowest BCUT2D eigenvalue weighted by molar-refractivity contribution is -0.122. The Labute approximate surface area is 147 Å². The molecule has 3 nitrogen and oxygen atoms in total. The van der Waals surface area contributed by atoms with E-state index in [0.717, 1.165) is 27.8 Å². The smallest absolute Gasteiger partial charge is 0.268 e. The Bertz CT molecular complexity index is 808. The van der Waals surface area contributed by atoms with E-state index in [1.807, 2.05) is 35.7 Å². The highest BCUT2D eigenvalue weighted by Gasteiger charge is 2.34. The molecule has 1 aliphatic rings. The van der Waals surface area contributed by atoms with Crippen molar-refractivity contribution in [1.82, 2.24) is 4.90 Å².